The Bertz CT molecular complexity index is 465. The Balaban J connectivity index is 2.84. The van der Waals surface area contributed by atoms with Gasteiger partial charge < -0.3 is 16.3 Å². The number of hydrogen-bond donors (Lipinski definition) is 3. The predicted octanol–water partition coefficient (Wildman–Crippen LogP) is 1.34. The van der Waals surface area contributed by atoms with Crippen LogP contribution in [0.1, 0.15) is 17.3 Å². The molecule has 0 saturated carbocycles. The lowest BCUT2D eigenvalue weighted by Gasteiger charge is -2.12. The molecule has 0 aromatic heterocycles. The van der Waals surface area contributed by atoms with E-state index >= 15 is 0 Å². The molecule has 0 spiro atoms. The lowest BCUT2D eigenvalue weighted by atomic mass is 10.2. The van der Waals surface area contributed by atoms with Crippen molar-refractivity contribution >= 4 is 23.3 Å². The van der Waals surface area contributed by atoms with E-state index in [0.29, 0.717) is 0 Å². The van der Waals surface area contributed by atoms with Gasteiger partial charge in [0.15, 0.2) is 5.84 Å². The number of amides is 1. The van der Waals surface area contributed by atoms with Gasteiger partial charge in [0.1, 0.15) is 5.82 Å². The van der Waals surface area contributed by atoms with Crippen molar-refractivity contribution in [2.75, 3.05) is 0 Å². The standard InChI is InChI=1S/C10H11ClFN3O2/c1-5(9(13)15-17)14-10(16)7-3-2-6(12)4-8(7)11/h2-5,17H,1H3,(H2,13,15)(H,14,16). The molecule has 1 unspecified atom stereocenters. The van der Waals surface area contributed by atoms with Gasteiger partial charge >= 0.3 is 0 Å². The highest BCUT2D eigenvalue weighted by Gasteiger charge is 2.15. The van der Waals surface area contributed by atoms with Gasteiger partial charge in [-0.15, -0.1) is 0 Å². The van der Waals surface area contributed by atoms with Crippen LogP contribution >= 0.6 is 11.6 Å². The molecule has 0 radical (unpaired) electrons. The third-order valence-corrected chi connectivity index (χ3v) is 2.40. The molecule has 0 heterocycles. The van der Waals surface area contributed by atoms with Crippen molar-refractivity contribution in [3.8, 4) is 0 Å². The summed E-state index contributed by atoms with van der Waals surface area (Å²) in [5.74, 6) is -1.21. The van der Waals surface area contributed by atoms with Gasteiger partial charge in [-0.05, 0) is 25.1 Å². The van der Waals surface area contributed by atoms with Crippen molar-refractivity contribution in [1.82, 2.24) is 5.32 Å². The Hall–Kier alpha value is -1.82. The maximum absolute atomic E-state index is 12.8. The zero-order valence-electron chi connectivity index (χ0n) is 8.95. The van der Waals surface area contributed by atoms with Crippen molar-refractivity contribution in [3.05, 3.63) is 34.6 Å². The van der Waals surface area contributed by atoms with Gasteiger partial charge in [-0.3, -0.25) is 4.79 Å². The molecule has 1 aromatic carbocycles. The number of nitrogens with two attached hydrogens (primary N) is 1. The molecular formula is C10H11ClFN3O2. The molecule has 0 bridgehead atoms. The molecule has 0 aliphatic rings. The van der Waals surface area contributed by atoms with Crippen LogP contribution < -0.4 is 11.1 Å². The molecule has 5 nitrogen and oxygen atoms in total. The van der Waals surface area contributed by atoms with E-state index < -0.39 is 17.8 Å². The minimum absolute atomic E-state index is 0.00536. The quantitative estimate of drug-likeness (QED) is 0.331. The van der Waals surface area contributed by atoms with E-state index in [1.165, 1.54) is 13.0 Å². The molecule has 4 N–H and O–H groups in total. The van der Waals surface area contributed by atoms with Gasteiger partial charge in [-0.2, -0.15) is 0 Å². The van der Waals surface area contributed by atoms with Gasteiger partial charge in [0.05, 0.1) is 16.6 Å². The third-order valence-electron chi connectivity index (χ3n) is 2.08. The fraction of sp³-hybridized carbons (Fsp3) is 0.200. The number of rotatable bonds is 3. The number of hydrogen-bond acceptors (Lipinski definition) is 3. The number of nitrogens with one attached hydrogen (secondary N) is 1. The Kier molecular flexibility index (Phi) is 4.28. The third kappa shape index (κ3) is 3.32. The highest BCUT2D eigenvalue weighted by molar-refractivity contribution is 6.33. The number of carbonyl (C=O) groups is 1. The predicted molar refractivity (Wildman–Crippen MR) is 61.7 cm³/mol. The van der Waals surface area contributed by atoms with Gasteiger partial charge in [0, 0.05) is 0 Å². The van der Waals surface area contributed by atoms with Crippen LogP contribution in [0.2, 0.25) is 5.02 Å². The summed E-state index contributed by atoms with van der Waals surface area (Å²) in [5.41, 5.74) is 5.41. The summed E-state index contributed by atoms with van der Waals surface area (Å²) in [6.45, 7) is 1.53. The summed E-state index contributed by atoms with van der Waals surface area (Å²) < 4.78 is 12.8. The highest BCUT2D eigenvalue weighted by Crippen LogP contribution is 2.17. The number of oxime groups is 1. The second-order valence-electron chi connectivity index (χ2n) is 3.34. The van der Waals surface area contributed by atoms with Crippen LogP contribution in [0.25, 0.3) is 0 Å². The van der Waals surface area contributed by atoms with E-state index in [0.717, 1.165) is 12.1 Å². The van der Waals surface area contributed by atoms with Gasteiger partial charge in [-0.25, -0.2) is 4.39 Å². The van der Waals surface area contributed by atoms with Crippen LogP contribution in [0.15, 0.2) is 23.4 Å². The van der Waals surface area contributed by atoms with Crippen molar-refractivity contribution in [2.45, 2.75) is 13.0 Å². The molecule has 1 rings (SSSR count). The van der Waals surface area contributed by atoms with Gasteiger partial charge in [-0.1, -0.05) is 16.8 Å². The molecular weight excluding hydrogens is 249 g/mol. The zero-order valence-corrected chi connectivity index (χ0v) is 9.70. The average molecular weight is 260 g/mol. The van der Waals surface area contributed by atoms with Gasteiger partial charge in [0.2, 0.25) is 0 Å². The second-order valence-corrected chi connectivity index (χ2v) is 3.75. The smallest absolute Gasteiger partial charge is 0.253 e. The molecule has 7 heteroatoms. The summed E-state index contributed by atoms with van der Waals surface area (Å²) >= 11 is 5.71. The number of benzene rings is 1. The Morgan fingerprint density at radius 3 is 2.82 bits per heavy atom. The van der Waals surface area contributed by atoms with E-state index in [9.17, 15) is 9.18 Å². The summed E-state index contributed by atoms with van der Waals surface area (Å²) in [5, 5.41) is 13.6. The minimum atomic E-state index is -0.659. The van der Waals surface area contributed by atoms with Crippen LogP contribution in [0.4, 0.5) is 4.39 Å². The summed E-state index contributed by atoms with van der Waals surface area (Å²) in [6.07, 6.45) is 0. The molecule has 1 atom stereocenters. The lowest BCUT2D eigenvalue weighted by molar-refractivity contribution is 0.0948. The highest BCUT2D eigenvalue weighted by atomic mass is 35.5. The molecule has 0 aliphatic carbocycles. The van der Waals surface area contributed by atoms with E-state index in [1.54, 1.807) is 0 Å². The van der Waals surface area contributed by atoms with Crippen LogP contribution in [0, 0.1) is 5.82 Å². The fourth-order valence-electron chi connectivity index (χ4n) is 1.11. The van der Waals surface area contributed by atoms with Crippen LogP contribution in [0.3, 0.4) is 0 Å². The number of nitrogens with zero attached hydrogens (tertiary/aromatic N) is 1. The first-order valence-electron chi connectivity index (χ1n) is 4.69. The SMILES string of the molecule is CC(NC(=O)c1ccc(F)cc1Cl)/C(N)=N/O. The minimum Gasteiger partial charge on any atom is -0.409 e. The molecule has 92 valence electrons. The molecule has 1 aromatic rings. The van der Waals surface area contributed by atoms with Crippen LogP contribution in [0.5, 0.6) is 0 Å². The largest absolute Gasteiger partial charge is 0.409 e. The maximum Gasteiger partial charge on any atom is 0.253 e. The van der Waals surface area contributed by atoms with Crippen LogP contribution in [-0.2, 0) is 0 Å². The first kappa shape index (κ1) is 13.2. The van der Waals surface area contributed by atoms with E-state index in [2.05, 4.69) is 10.5 Å². The Morgan fingerprint density at radius 1 is 1.65 bits per heavy atom. The van der Waals surface area contributed by atoms with Crippen molar-refractivity contribution in [2.24, 2.45) is 10.9 Å². The molecule has 1 amide bonds. The van der Waals surface area contributed by atoms with Crippen molar-refractivity contribution in [1.29, 1.82) is 0 Å². The second kappa shape index (κ2) is 5.49. The normalized spacial score (nSPS) is 13.2. The summed E-state index contributed by atoms with van der Waals surface area (Å²) in [4.78, 5) is 11.7. The van der Waals surface area contributed by atoms with Crippen molar-refractivity contribution in [3.63, 3.8) is 0 Å². The zero-order chi connectivity index (χ0) is 13.0. The molecule has 0 aliphatic heterocycles. The topological polar surface area (TPSA) is 87.7 Å². The van der Waals surface area contributed by atoms with E-state index in [4.69, 9.17) is 22.5 Å². The summed E-state index contributed by atoms with van der Waals surface area (Å²) in [7, 11) is 0. The summed E-state index contributed by atoms with van der Waals surface area (Å²) in [6, 6.07) is 2.75. The van der Waals surface area contributed by atoms with E-state index in [1.807, 2.05) is 0 Å². The number of amidine groups is 1. The lowest BCUT2D eigenvalue weighted by Crippen LogP contribution is -2.42. The molecule has 17 heavy (non-hydrogen) atoms. The number of halogens is 2. The average Bonchev–Trinajstić information content (AvgIpc) is 2.27. The first-order chi connectivity index (χ1) is 7.95. The van der Waals surface area contributed by atoms with E-state index in [-0.39, 0.29) is 16.4 Å². The number of carbonyl (C=O) groups excluding carboxylic acids is 1. The first-order valence-corrected chi connectivity index (χ1v) is 5.07. The van der Waals surface area contributed by atoms with Crippen molar-refractivity contribution < 1.29 is 14.4 Å². The maximum atomic E-state index is 12.8. The monoisotopic (exact) mass is 259 g/mol. The Labute approximate surface area is 102 Å². The Morgan fingerprint density at radius 2 is 2.29 bits per heavy atom. The molecule has 0 fully saturated rings. The van der Waals surface area contributed by atoms with Gasteiger partial charge in [0.25, 0.3) is 5.91 Å². The van der Waals surface area contributed by atoms with Crippen LogP contribution in [-0.4, -0.2) is 23.0 Å². The fourth-order valence-corrected chi connectivity index (χ4v) is 1.36. The molecule has 0 saturated heterocycles.